The predicted octanol–water partition coefficient (Wildman–Crippen LogP) is 4.96. The lowest BCUT2D eigenvalue weighted by Crippen LogP contribution is -2.40. The first-order chi connectivity index (χ1) is 17.6. The van der Waals surface area contributed by atoms with Gasteiger partial charge in [0.25, 0.3) is 0 Å². The number of aromatic nitrogens is 6. The average molecular weight is 514 g/mol. The van der Waals surface area contributed by atoms with Crippen LogP contribution < -0.4 is 10.6 Å². The second-order valence-electron chi connectivity index (χ2n) is 9.20. The maximum Gasteiger partial charge on any atom is 0.416 e. The monoisotopic (exact) mass is 513 g/mol. The van der Waals surface area contributed by atoms with Crippen molar-refractivity contribution in [2.45, 2.75) is 52.5 Å². The number of hydrogen-bond donors (Lipinski definition) is 2. The van der Waals surface area contributed by atoms with Crippen LogP contribution in [0.4, 0.5) is 30.8 Å². The van der Waals surface area contributed by atoms with Crippen molar-refractivity contribution in [2.75, 3.05) is 23.7 Å². The van der Waals surface area contributed by atoms with Gasteiger partial charge in [0.2, 0.25) is 5.95 Å². The molecule has 0 fully saturated rings. The molecule has 4 aromatic rings. The van der Waals surface area contributed by atoms with Crippen LogP contribution in [0, 0.1) is 0 Å². The topological polar surface area (TPSA) is 96.7 Å². The molecule has 0 unspecified atom stereocenters. The van der Waals surface area contributed by atoms with Crippen LogP contribution in [0.2, 0.25) is 0 Å². The van der Waals surface area contributed by atoms with Crippen molar-refractivity contribution in [3.63, 3.8) is 0 Å². The van der Waals surface area contributed by atoms with Crippen molar-refractivity contribution in [2.24, 2.45) is 0 Å². The number of fused-ring (bicyclic) bond motifs is 1. The molecule has 3 aromatic heterocycles. The van der Waals surface area contributed by atoms with Gasteiger partial charge in [0.15, 0.2) is 22.8 Å². The molecular formula is C25H30F3N9. The zero-order valence-corrected chi connectivity index (χ0v) is 21.2. The molecule has 0 saturated heterocycles. The molecule has 0 spiro atoms. The molecule has 12 heteroatoms. The Morgan fingerprint density at radius 2 is 1.70 bits per heavy atom. The van der Waals surface area contributed by atoms with Crippen LogP contribution in [0.5, 0.6) is 0 Å². The van der Waals surface area contributed by atoms with E-state index in [1.165, 1.54) is 12.1 Å². The van der Waals surface area contributed by atoms with E-state index >= 15 is 0 Å². The third-order valence-corrected chi connectivity index (χ3v) is 5.89. The van der Waals surface area contributed by atoms with Gasteiger partial charge in [-0.3, -0.25) is 9.88 Å². The summed E-state index contributed by atoms with van der Waals surface area (Å²) in [5.41, 5.74) is 1.10. The van der Waals surface area contributed by atoms with Crippen molar-refractivity contribution < 1.29 is 13.2 Å². The first-order valence-corrected chi connectivity index (χ1v) is 12.0. The number of halogens is 3. The summed E-state index contributed by atoms with van der Waals surface area (Å²) in [6, 6.07) is 5.85. The van der Waals surface area contributed by atoms with Crippen molar-refractivity contribution in [3.05, 3.63) is 60.3 Å². The molecule has 4 rings (SSSR count). The summed E-state index contributed by atoms with van der Waals surface area (Å²) in [5, 5.41) is 6.45. The Morgan fingerprint density at radius 1 is 0.973 bits per heavy atom. The summed E-state index contributed by atoms with van der Waals surface area (Å²) in [5.74, 6) is 1.33. The zero-order valence-electron chi connectivity index (χ0n) is 21.2. The number of nitrogens with one attached hydrogen (secondary N) is 2. The molecule has 2 N–H and O–H groups in total. The molecule has 0 aliphatic heterocycles. The fourth-order valence-electron chi connectivity index (χ4n) is 4.13. The van der Waals surface area contributed by atoms with Crippen LogP contribution in [-0.4, -0.2) is 59.6 Å². The first-order valence-electron chi connectivity index (χ1n) is 12.0. The molecular weight excluding hydrogens is 483 g/mol. The van der Waals surface area contributed by atoms with Crippen LogP contribution in [0.25, 0.3) is 11.2 Å². The van der Waals surface area contributed by atoms with E-state index in [0.29, 0.717) is 59.5 Å². The van der Waals surface area contributed by atoms with Crippen LogP contribution >= 0.6 is 0 Å². The van der Waals surface area contributed by atoms with Crippen molar-refractivity contribution in [3.8, 4) is 0 Å². The van der Waals surface area contributed by atoms with E-state index in [0.717, 1.165) is 18.7 Å². The molecule has 0 aliphatic rings. The Hall–Kier alpha value is -3.80. The molecule has 1 aromatic carbocycles. The Balaban J connectivity index is 1.63. The van der Waals surface area contributed by atoms with Crippen LogP contribution in [0.15, 0.2) is 49.2 Å². The SMILES string of the molecule is CC(C)N(CCNc1nc(Nc2cnccn2)nc2c1ncn2Cc1ccc(C(F)(F)F)cc1)C(C)C. The third-order valence-electron chi connectivity index (χ3n) is 5.89. The van der Waals surface area contributed by atoms with E-state index in [1.54, 1.807) is 29.5 Å². The second kappa shape index (κ2) is 11.1. The molecule has 3 heterocycles. The second-order valence-corrected chi connectivity index (χ2v) is 9.20. The molecule has 196 valence electrons. The van der Waals surface area contributed by atoms with Gasteiger partial charge in [0.05, 0.1) is 24.6 Å². The van der Waals surface area contributed by atoms with Gasteiger partial charge in [-0.25, -0.2) is 9.97 Å². The molecule has 37 heavy (non-hydrogen) atoms. The van der Waals surface area contributed by atoms with Gasteiger partial charge in [0, 0.05) is 37.6 Å². The summed E-state index contributed by atoms with van der Waals surface area (Å²) in [7, 11) is 0. The van der Waals surface area contributed by atoms with E-state index in [9.17, 15) is 13.2 Å². The summed E-state index contributed by atoms with van der Waals surface area (Å²) in [6.07, 6.45) is 1.92. The van der Waals surface area contributed by atoms with Gasteiger partial charge in [-0.15, -0.1) is 0 Å². The minimum absolute atomic E-state index is 0.296. The standard InChI is InChI=1S/C25H30F3N9/c1-16(2)37(17(3)4)12-11-31-22-21-23(35-24(34-22)33-20-13-29-9-10-30-20)36(15-32-21)14-18-5-7-19(8-6-18)25(26,27)28/h5-10,13,15-17H,11-12,14H2,1-4H3,(H2,30,31,33,34,35). The quantitative estimate of drug-likeness (QED) is 0.307. The lowest BCUT2D eigenvalue weighted by Gasteiger charge is -2.30. The number of hydrogen-bond acceptors (Lipinski definition) is 8. The highest BCUT2D eigenvalue weighted by Gasteiger charge is 2.30. The maximum absolute atomic E-state index is 13.0. The van der Waals surface area contributed by atoms with Gasteiger partial charge < -0.3 is 15.2 Å². The number of imidazole rings is 1. The van der Waals surface area contributed by atoms with Gasteiger partial charge in [-0.1, -0.05) is 12.1 Å². The van der Waals surface area contributed by atoms with Gasteiger partial charge in [-0.2, -0.15) is 23.1 Å². The number of rotatable bonds is 10. The summed E-state index contributed by atoms with van der Waals surface area (Å²) in [6.45, 7) is 10.4. The largest absolute Gasteiger partial charge is 0.416 e. The fraction of sp³-hybridized carbons (Fsp3) is 0.400. The number of benzene rings is 1. The zero-order chi connectivity index (χ0) is 26.6. The third kappa shape index (κ3) is 6.50. The highest BCUT2D eigenvalue weighted by atomic mass is 19.4. The van der Waals surface area contributed by atoms with Gasteiger partial charge in [-0.05, 0) is 45.4 Å². The van der Waals surface area contributed by atoms with E-state index in [1.807, 2.05) is 0 Å². The molecule has 0 aliphatic carbocycles. The molecule has 9 nitrogen and oxygen atoms in total. The molecule has 0 radical (unpaired) electrons. The van der Waals surface area contributed by atoms with Crippen LogP contribution in [0.3, 0.4) is 0 Å². The molecule has 0 atom stereocenters. The Labute approximate surface area is 213 Å². The maximum atomic E-state index is 13.0. The van der Waals surface area contributed by atoms with E-state index < -0.39 is 11.7 Å². The number of anilines is 3. The van der Waals surface area contributed by atoms with Crippen molar-refractivity contribution in [1.29, 1.82) is 0 Å². The first kappa shape index (κ1) is 26.3. The Bertz CT molecular complexity index is 1290. The van der Waals surface area contributed by atoms with E-state index in [4.69, 9.17) is 0 Å². The minimum atomic E-state index is -4.38. The highest BCUT2D eigenvalue weighted by Crippen LogP contribution is 2.29. The molecule has 0 amide bonds. The van der Waals surface area contributed by atoms with Crippen molar-refractivity contribution in [1.82, 2.24) is 34.4 Å². The van der Waals surface area contributed by atoms with Gasteiger partial charge >= 0.3 is 6.18 Å². The number of alkyl halides is 3. The summed E-state index contributed by atoms with van der Waals surface area (Å²) in [4.78, 5) is 24.4. The van der Waals surface area contributed by atoms with Crippen LogP contribution in [0.1, 0.15) is 38.8 Å². The minimum Gasteiger partial charge on any atom is -0.367 e. The van der Waals surface area contributed by atoms with Crippen molar-refractivity contribution >= 4 is 28.7 Å². The number of nitrogens with zero attached hydrogens (tertiary/aromatic N) is 7. The van der Waals surface area contributed by atoms with Gasteiger partial charge in [0.1, 0.15) is 0 Å². The fourth-order valence-corrected chi connectivity index (χ4v) is 4.13. The van der Waals surface area contributed by atoms with E-state index in [2.05, 4.69) is 68.1 Å². The normalized spacial score (nSPS) is 12.2. The molecule has 0 saturated carbocycles. The molecule has 0 bridgehead atoms. The Kier molecular flexibility index (Phi) is 7.86. The predicted molar refractivity (Wildman–Crippen MR) is 137 cm³/mol. The lowest BCUT2D eigenvalue weighted by molar-refractivity contribution is -0.137. The summed E-state index contributed by atoms with van der Waals surface area (Å²) >= 11 is 0. The van der Waals surface area contributed by atoms with E-state index in [-0.39, 0.29) is 0 Å². The highest BCUT2D eigenvalue weighted by molar-refractivity contribution is 5.84. The Morgan fingerprint density at radius 3 is 2.32 bits per heavy atom. The average Bonchev–Trinajstić information content (AvgIpc) is 3.24. The summed E-state index contributed by atoms with van der Waals surface area (Å²) < 4.78 is 40.6. The van der Waals surface area contributed by atoms with Crippen LogP contribution in [-0.2, 0) is 12.7 Å². The smallest absolute Gasteiger partial charge is 0.367 e. The lowest BCUT2D eigenvalue weighted by atomic mass is 10.1.